The van der Waals surface area contributed by atoms with Crippen LogP contribution in [0.5, 0.6) is 5.75 Å². The van der Waals surface area contributed by atoms with E-state index in [0.717, 1.165) is 50.3 Å². The van der Waals surface area contributed by atoms with E-state index in [-0.39, 0.29) is 0 Å². The molecule has 2 unspecified atom stereocenters. The second-order valence-electron chi connectivity index (χ2n) is 15.5. The van der Waals surface area contributed by atoms with Gasteiger partial charge in [0, 0.05) is 39.3 Å². The van der Waals surface area contributed by atoms with Crippen LogP contribution >= 0.6 is 0 Å². The summed E-state index contributed by atoms with van der Waals surface area (Å²) in [4.78, 5) is 2.35. The minimum atomic E-state index is 0.347. The molecule has 3 nitrogen and oxygen atoms in total. The lowest BCUT2D eigenvalue weighted by molar-refractivity contribution is 0.164. The highest BCUT2D eigenvalue weighted by atomic mass is 16.5. The molecule has 1 aliphatic heterocycles. The first-order valence-electron chi connectivity index (χ1n) is 20.2. The van der Waals surface area contributed by atoms with Crippen LogP contribution in [0.1, 0.15) is 37.2 Å². The van der Waals surface area contributed by atoms with E-state index in [4.69, 9.17) is 9.15 Å². The van der Waals surface area contributed by atoms with Crippen LogP contribution in [-0.2, 0) is 0 Å². The van der Waals surface area contributed by atoms with Crippen molar-refractivity contribution in [2.24, 2.45) is 0 Å². The number of benzene rings is 8. The zero-order chi connectivity index (χ0) is 37.7. The number of hydrogen-bond acceptors (Lipinski definition) is 3. The molecule has 2 atom stereocenters. The topological polar surface area (TPSA) is 25.6 Å². The Morgan fingerprint density at radius 3 is 1.51 bits per heavy atom. The Morgan fingerprint density at radius 1 is 0.386 bits per heavy atom. The van der Waals surface area contributed by atoms with Crippen molar-refractivity contribution in [1.29, 1.82) is 0 Å². The molecule has 9 aromatic rings. The average Bonchev–Trinajstić information content (AvgIpc) is 3.85. The number of para-hydroxylation sites is 1. The van der Waals surface area contributed by atoms with Gasteiger partial charge in [-0.15, -0.1) is 0 Å². The minimum Gasteiger partial charge on any atom is -0.489 e. The molecular formula is C54H41NO2. The van der Waals surface area contributed by atoms with Crippen molar-refractivity contribution in [2.75, 3.05) is 4.90 Å². The highest BCUT2D eigenvalue weighted by Gasteiger charge is 2.36. The zero-order valence-corrected chi connectivity index (χ0v) is 31.6. The first-order chi connectivity index (χ1) is 28.2. The molecule has 0 spiro atoms. The van der Waals surface area contributed by atoms with E-state index >= 15 is 0 Å². The van der Waals surface area contributed by atoms with Crippen LogP contribution in [0.15, 0.2) is 192 Å². The molecule has 1 saturated carbocycles. The Labute approximate surface area is 333 Å². The van der Waals surface area contributed by atoms with Crippen LogP contribution in [0.25, 0.3) is 66.4 Å². The Kier molecular flexibility index (Phi) is 8.24. The summed E-state index contributed by atoms with van der Waals surface area (Å²) in [6.07, 6.45) is 5.29. The fraction of sp³-hybridized carbons (Fsp3) is 0.111. The summed E-state index contributed by atoms with van der Waals surface area (Å²) < 4.78 is 12.5. The standard InChI is InChI=1S/C54H41NO2/c1-2-8-36(9-3-1)37-14-16-38(17-15-37)39-18-26-44(27-19-39)55(45-28-20-40(21-29-45)42-24-32-53-49(34-42)47-10-4-6-12-51(47)56-53)46-30-22-41(23-31-46)43-25-33-54-50(35-43)48-11-5-7-13-52(48)57-54/h1-4,6,8-10,12,14-35,48,52H,5,7,11,13H2. The summed E-state index contributed by atoms with van der Waals surface area (Å²) in [6, 6.07) is 67.8. The summed E-state index contributed by atoms with van der Waals surface area (Å²) in [7, 11) is 0. The Balaban J connectivity index is 0.929. The van der Waals surface area contributed by atoms with Gasteiger partial charge < -0.3 is 14.1 Å². The molecule has 2 aliphatic rings. The molecule has 8 aromatic carbocycles. The van der Waals surface area contributed by atoms with E-state index in [2.05, 4.69) is 181 Å². The van der Waals surface area contributed by atoms with Crippen molar-refractivity contribution < 1.29 is 9.15 Å². The van der Waals surface area contributed by atoms with Crippen LogP contribution in [0.3, 0.4) is 0 Å². The minimum absolute atomic E-state index is 0.347. The summed E-state index contributed by atoms with van der Waals surface area (Å²) >= 11 is 0. The van der Waals surface area contributed by atoms with Crippen LogP contribution in [0.2, 0.25) is 0 Å². The Morgan fingerprint density at radius 2 is 0.860 bits per heavy atom. The Hall–Kier alpha value is -6.84. The van der Waals surface area contributed by atoms with Gasteiger partial charge in [0.15, 0.2) is 0 Å². The lowest BCUT2D eigenvalue weighted by atomic mass is 9.82. The van der Waals surface area contributed by atoms with Gasteiger partial charge in [0.2, 0.25) is 0 Å². The second-order valence-corrected chi connectivity index (χ2v) is 15.5. The van der Waals surface area contributed by atoms with Gasteiger partial charge in [-0.05, 0) is 131 Å². The molecule has 274 valence electrons. The number of rotatable bonds is 7. The van der Waals surface area contributed by atoms with E-state index in [9.17, 15) is 0 Å². The van der Waals surface area contributed by atoms with Gasteiger partial charge in [-0.1, -0.05) is 128 Å². The molecule has 0 bridgehead atoms. The van der Waals surface area contributed by atoms with Crippen molar-refractivity contribution >= 4 is 39.0 Å². The van der Waals surface area contributed by atoms with Crippen LogP contribution < -0.4 is 9.64 Å². The summed E-state index contributed by atoms with van der Waals surface area (Å²) in [6.45, 7) is 0. The summed E-state index contributed by atoms with van der Waals surface area (Å²) in [5.41, 5.74) is 16.1. The molecule has 1 fully saturated rings. The van der Waals surface area contributed by atoms with E-state index in [1.165, 1.54) is 70.2 Å². The fourth-order valence-electron chi connectivity index (χ4n) is 9.13. The summed E-state index contributed by atoms with van der Waals surface area (Å²) in [5, 5.41) is 2.28. The first-order valence-corrected chi connectivity index (χ1v) is 20.2. The molecular weight excluding hydrogens is 695 g/mol. The van der Waals surface area contributed by atoms with Gasteiger partial charge in [-0.3, -0.25) is 0 Å². The molecule has 11 rings (SSSR count). The molecule has 1 aromatic heterocycles. The van der Waals surface area contributed by atoms with Crippen LogP contribution in [0, 0.1) is 0 Å². The number of nitrogens with zero attached hydrogens (tertiary/aromatic N) is 1. The van der Waals surface area contributed by atoms with Crippen LogP contribution in [-0.4, -0.2) is 6.10 Å². The van der Waals surface area contributed by atoms with E-state index in [1.807, 2.05) is 12.1 Å². The number of anilines is 3. The smallest absolute Gasteiger partial charge is 0.135 e. The van der Waals surface area contributed by atoms with Gasteiger partial charge in [0.1, 0.15) is 23.0 Å². The largest absolute Gasteiger partial charge is 0.489 e. The van der Waals surface area contributed by atoms with Crippen LogP contribution in [0.4, 0.5) is 17.1 Å². The maximum atomic E-state index is 6.37. The van der Waals surface area contributed by atoms with E-state index in [0.29, 0.717) is 12.0 Å². The summed E-state index contributed by atoms with van der Waals surface area (Å²) in [5.74, 6) is 1.60. The highest BCUT2D eigenvalue weighted by Crippen LogP contribution is 2.47. The van der Waals surface area contributed by atoms with Gasteiger partial charge in [-0.2, -0.15) is 0 Å². The molecule has 1 aliphatic carbocycles. The highest BCUT2D eigenvalue weighted by molar-refractivity contribution is 6.06. The molecule has 57 heavy (non-hydrogen) atoms. The lowest BCUT2D eigenvalue weighted by Gasteiger charge is -2.26. The van der Waals surface area contributed by atoms with Crippen molar-refractivity contribution in [3.05, 3.63) is 194 Å². The van der Waals surface area contributed by atoms with E-state index in [1.54, 1.807) is 0 Å². The molecule has 0 amide bonds. The molecule has 2 heterocycles. The first kappa shape index (κ1) is 33.5. The van der Waals surface area contributed by atoms with E-state index < -0.39 is 0 Å². The van der Waals surface area contributed by atoms with Crippen molar-refractivity contribution in [3.8, 4) is 50.3 Å². The van der Waals surface area contributed by atoms with Crippen molar-refractivity contribution in [1.82, 2.24) is 0 Å². The fourth-order valence-corrected chi connectivity index (χ4v) is 9.13. The lowest BCUT2D eigenvalue weighted by Crippen LogP contribution is -2.22. The number of fused-ring (bicyclic) bond motifs is 6. The Bertz CT molecular complexity index is 2860. The third-order valence-corrected chi connectivity index (χ3v) is 12.1. The maximum Gasteiger partial charge on any atom is 0.135 e. The third kappa shape index (κ3) is 6.17. The van der Waals surface area contributed by atoms with Crippen molar-refractivity contribution in [3.63, 3.8) is 0 Å². The molecule has 0 saturated heterocycles. The predicted octanol–water partition coefficient (Wildman–Crippen LogP) is 15.1. The average molecular weight is 736 g/mol. The third-order valence-electron chi connectivity index (χ3n) is 12.1. The monoisotopic (exact) mass is 735 g/mol. The predicted molar refractivity (Wildman–Crippen MR) is 236 cm³/mol. The van der Waals surface area contributed by atoms with Gasteiger partial charge >= 0.3 is 0 Å². The zero-order valence-electron chi connectivity index (χ0n) is 31.6. The van der Waals surface area contributed by atoms with Gasteiger partial charge in [0.25, 0.3) is 0 Å². The number of furan rings is 1. The molecule has 0 radical (unpaired) electrons. The maximum absolute atomic E-state index is 6.37. The SMILES string of the molecule is c1ccc(-c2ccc(-c3ccc(N(c4ccc(-c5ccc6c(c5)C5CCCCC5O6)cc4)c4ccc(-c5ccc6oc7ccccc7c6c5)cc4)cc3)cc2)cc1. The van der Waals surface area contributed by atoms with Gasteiger partial charge in [0.05, 0.1) is 0 Å². The normalized spacial score (nSPS) is 15.9. The molecule has 0 N–H and O–H groups in total. The number of hydrogen-bond donors (Lipinski definition) is 0. The van der Waals surface area contributed by atoms with Crippen molar-refractivity contribution in [2.45, 2.75) is 37.7 Å². The number of ether oxygens (including phenoxy) is 1. The molecule has 3 heteroatoms. The van der Waals surface area contributed by atoms with Gasteiger partial charge in [-0.25, -0.2) is 0 Å². The second kappa shape index (κ2) is 14.0. The quantitative estimate of drug-likeness (QED) is 0.163.